The van der Waals surface area contributed by atoms with E-state index in [2.05, 4.69) is 10.2 Å². The number of hydrogen-bond acceptors (Lipinski definition) is 5. The smallest absolute Gasteiger partial charge is 0.269 e. The summed E-state index contributed by atoms with van der Waals surface area (Å²) in [5, 5.41) is 17.7. The Morgan fingerprint density at radius 3 is 2.77 bits per heavy atom. The van der Waals surface area contributed by atoms with Crippen molar-refractivity contribution in [1.29, 1.82) is 0 Å². The Kier molecular flexibility index (Phi) is 3.72. The van der Waals surface area contributed by atoms with E-state index in [1.54, 1.807) is 12.1 Å². The summed E-state index contributed by atoms with van der Waals surface area (Å²) in [6.45, 7) is 0.367. The van der Waals surface area contributed by atoms with E-state index in [1.807, 2.05) is 11.0 Å². The fourth-order valence-corrected chi connectivity index (χ4v) is 2.71. The SMILES string of the molecule is NC(=O)c1ccc(N2CC(O)CC2c2cccc(F)c2)nn1. The molecule has 1 amide bonds. The van der Waals surface area contributed by atoms with E-state index in [0.29, 0.717) is 18.8 Å². The number of β-amino-alcohol motifs (C(OH)–C–C–N with tert-alkyl or cyclic N) is 1. The summed E-state index contributed by atoms with van der Waals surface area (Å²) in [6, 6.07) is 9.18. The number of aliphatic hydroxyl groups excluding tert-OH is 1. The van der Waals surface area contributed by atoms with Crippen LogP contribution in [0.4, 0.5) is 10.2 Å². The number of anilines is 1. The number of rotatable bonds is 3. The molecular formula is C15H15FN4O2. The second-order valence-corrected chi connectivity index (χ2v) is 5.25. The van der Waals surface area contributed by atoms with Crippen LogP contribution in [0.1, 0.15) is 28.5 Å². The first kappa shape index (κ1) is 14.4. The van der Waals surface area contributed by atoms with Crippen LogP contribution in [-0.4, -0.2) is 33.9 Å². The number of aliphatic hydroxyl groups is 1. The molecule has 22 heavy (non-hydrogen) atoms. The van der Waals surface area contributed by atoms with Crippen LogP contribution in [0.3, 0.4) is 0 Å². The molecule has 3 N–H and O–H groups in total. The molecule has 0 bridgehead atoms. The van der Waals surface area contributed by atoms with E-state index in [0.717, 1.165) is 5.56 Å². The molecule has 2 unspecified atom stereocenters. The van der Waals surface area contributed by atoms with Gasteiger partial charge in [0.2, 0.25) is 0 Å². The van der Waals surface area contributed by atoms with Gasteiger partial charge >= 0.3 is 0 Å². The number of benzene rings is 1. The van der Waals surface area contributed by atoms with Gasteiger partial charge < -0.3 is 15.7 Å². The Bertz CT molecular complexity index is 692. The highest BCUT2D eigenvalue weighted by Gasteiger charge is 2.33. The number of primary amides is 1. The maximum Gasteiger partial charge on any atom is 0.269 e. The zero-order valence-corrected chi connectivity index (χ0v) is 11.7. The van der Waals surface area contributed by atoms with Crippen LogP contribution in [0.15, 0.2) is 36.4 Å². The number of aromatic nitrogens is 2. The van der Waals surface area contributed by atoms with Gasteiger partial charge in [0.15, 0.2) is 11.5 Å². The van der Waals surface area contributed by atoms with E-state index >= 15 is 0 Å². The maximum absolute atomic E-state index is 13.4. The van der Waals surface area contributed by atoms with E-state index in [1.165, 1.54) is 18.2 Å². The van der Waals surface area contributed by atoms with Crippen molar-refractivity contribution in [3.63, 3.8) is 0 Å². The van der Waals surface area contributed by atoms with Crippen molar-refractivity contribution < 1.29 is 14.3 Å². The number of amides is 1. The third-order valence-electron chi connectivity index (χ3n) is 3.71. The standard InChI is InChI=1S/C15H15FN4O2/c16-10-3-1-2-9(6-10)13-7-11(21)8-20(13)14-5-4-12(15(17)22)18-19-14/h1-6,11,13,21H,7-8H2,(H2,17,22). The molecule has 3 rings (SSSR count). The van der Waals surface area contributed by atoms with E-state index in [-0.39, 0.29) is 17.6 Å². The minimum Gasteiger partial charge on any atom is -0.391 e. The molecule has 114 valence electrons. The Hall–Kier alpha value is -2.54. The summed E-state index contributed by atoms with van der Waals surface area (Å²) in [7, 11) is 0. The highest BCUT2D eigenvalue weighted by Crippen LogP contribution is 2.35. The molecule has 1 aliphatic heterocycles. The van der Waals surface area contributed by atoms with Gasteiger partial charge in [-0.2, -0.15) is 0 Å². The predicted octanol–water partition coefficient (Wildman–Crippen LogP) is 1.03. The Morgan fingerprint density at radius 2 is 2.14 bits per heavy atom. The van der Waals surface area contributed by atoms with Crippen LogP contribution in [0, 0.1) is 5.82 Å². The Labute approximate surface area is 126 Å². The molecule has 0 radical (unpaired) electrons. The van der Waals surface area contributed by atoms with Crippen molar-refractivity contribution in [3.05, 3.63) is 53.5 Å². The first-order valence-corrected chi connectivity index (χ1v) is 6.88. The third-order valence-corrected chi connectivity index (χ3v) is 3.71. The number of halogens is 1. The summed E-state index contributed by atoms with van der Waals surface area (Å²) in [4.78, 5) is 12.9. The van der Waals surface area contributed by atoms with Gasteiger partial charge in [0, 0.05) is 6.54 Å². The van der Waals surface area contributed by atoms with E-state index in [4.69, 9.17) is 5.73 Å². The van der Waals surface area contributed by atoms with Crippen LogP contribution in [0.25, 0.3) is 0 Å². The molecule has 1 aliphatic rings. The molecular weight excluding hydrogens is 287 g/mol. The summed E-state index contributed by atoms with van der Waals surface area (Å²) >= 11 is 0. The minimum atomic E-state index is -0.651. The van der Waals surface area contributed by atoms with Gasteiger partial charge in [-0.15, -0.1) is 10.2 Å². The number of carbonyl (C=O) groups excluding carboxylic acids is 1. The molecule has 6 nitrogen and oxygen atoms in total. The fraction of sp³-hybridized carbons (Fsp3) is 0.267. The van der Waals surface area contributed by atoms with Crippen LogP contribution < -0.4 is 10.6 Å². The first-order valence-electron chi connectivity index (χ1n) is 6.88. The monoisotopic (exact) mass is 302 g/mol. The number of hydrogen-bond donors (Lipinski definition) is 2. The quantitative estimate of drug-likeness (QED) is 0.883. The average molecular weight is 302 g/mol. The van der Waals surface area contributed by atoms with Gasteiger partial charge in [-0.3, -0.25) is 4.79 Å². The molecule has 0 saturated carbocycles. The van der Waals surface area contributed by atoms with E-state index in [9.17, 15) is 14.3 Å². The summed E-state index contributed by atoms with van der Waals surface area (Å²) in [6.07, 6.45) is -0.0613. The van der Waals surface area contributed by atoms with Gasteiger partial charge in [-0.1, -0.05) is 12.1 Å². The van der Waals surface area contributed by atoms with Gasteiger partial charge in [-0.05, 0) is 36.2 Å². The Morgan fingerprint density at radius 1 is 1.32 bits per heavy atom. The highest BCUT2D eigenvalue weighted by atomic mass is 19.1. The van der Waals surface area contributed by atoms with Crippen LogP contribution in [0.2, 0.25) is 0 Å². The highest BCUT2D eigenvalue weighted by molar-refractivity contribution is 5.90. The normalized spacial score (nSPS) is 21.1. The van der Waals surface area contributed by atoms with Crippen molar-refractivity contribution in [2.75, 3.05) is 11.4 Å². The van der Waals surface area contributed by atoms with Gasteiger partial charge in [0.05, 0.1) is 12.1 Å². The molecule has 1 aromatic carbocycles. The van der Waals surface area contributed by atoms with Gasteiger partial charge in [0.25, 0.3) is 5.91 Å². The third kappa shape index (κ3) is 2.75. The van der Waals surface area contributed by atoms with Crippen molar-refractivity contribution in [1.82, 2.24) is 10.2 Å². The Balaban J connectivity index is 1.92. The van der Waals surface area contributed by atoms with Crippen molar-refractivity contribution in [3.8, 4) is 0 Å². The molecule has 1 aromatic heterocycles. The van der Waals surface area contributed by atoms with Crippen LogP contribution in [-0.2, 0) is 0 Å². The van der Waals surface area contributed by atoms with E-state index < -0.39 is 12.0 Å². The van der Waals surface area contributed by atoms with Crippen molar-refractivity contribution in [2.45, 2.75) is 18.6 Å². The second kappa shape index (κ2) is 5.69. The summed E-state index contributed by atoms with van der Waals surface area (Å²) in [5.74, 6) is -0.466. The zero-order valence-electron chi connectivity index (χ0n) is 11.7. The molecule has 2 atom stereocenters. The average Bonchev–Trinajstić information content (AvgIpc) is 2.89. The molecule has 2 heterocycles. The molecule has 0 aliphatic carbocycles. The lowest BCUT2D eigenvalue weighted by Crippen LogP contribution is -2.26. The van der Waals surface area contributed by atoms with Gasteiger partial charge in [-0.25, -0.2) is 4.39 Å². The summed E-state index contributed by atoms with van der Waals surface area (Å²) in [5.41, 5.74) is 5.97. The molecule has 1 fully saturated rings. The number of nitrogens with two attached hydrogens (primary N) is 1. The molecule has 2 aromatic rings. The molecule has 7 heteroatoms. The zero-order chi connectivity index (χ0) is 15.7. The van der Waals surface area contributed by atoms with Crippen molar-refractivity contribution in [2.24, 2.45) is 5.73 Å². The fourth-order valence-electron chi connectivity index (χ4n) is 2.71. The van der Waals surface area contributed by atoms with Crippen molar-refractivity contribution >= 4 is 11.7 Å². The lowest BCUT2D eigenvalue weighted by atomic mass is 10.0. The lowest BCUT2D eigenvalue weighted by Gasteiger charge is -2.25. The minimum absolute atomic E-state index is 0.0748. The summed E-state index contributed by atoms with van der Waals surface area (Å²) < 4.78 is 13.4. The van der Waals surface area contributed by atoms with Gasteiger partial charge in [0.1, 0.15) is 5.82 Å². The lowest BCUT2D eigenvalue weighted by molar-refractivity contribution is 0.0994. The second-order valence-electron chi connectivity index (χ2n) is 5.25. The topological polar surface area (TPSA) is 92.3 Å². The predicted molar refractivity (Wildman–Crippen MR) is 77.7 cm³/mol. The largest absolute Gasteiger partial charge is 0.391 e. The number of carbonyl (C=O) groups is 1. The molecule has 0 spiro atoms. The van der Waals surface area contributed by atoms with Crippen LogP contribution in [0.5, 0.6) is 0 Å². The maximum atomic E-state index is 13.4. The molecule has 1 saturated heterocycles. The first-order chi connectivity index (χ1) is 10.5. The number of nitrogens with zero attached hydrogens (tertiary/aromatic N) is 3. The van der Waals surface area contributed by atoms with Crippen LogP contribution >= 0.6 is 0 Å².